The maximum atomic E-state index is 11.7. The van der Waals surface area contributed by atoms with Gasteiger partial charge in [-0.1, -0.05) is 0 Å². The van der Waals surface area contributed by atoms with E-state index >= 15 is 0 Å². The molecule has 6 nitrogen and oxygen atoms in total. The standard InChI is InChI=1S/C13H26N2O4/c1-13(2,3)19-10-12(17)15(4)9-11(16)14-7-6-8-18-5/h6-10H2,1-5H3,(H,14,16). The Morgan fingerprint density at radius 2 is 1.89 bits per heavy atom. The van der Waals surface area contributed by atoms with E-state index in [0.29, 0.717) is 13.2 Å². The van der Waals surface area contributed by atoms with Crippen LogP contribution in [-0.4, -0.2) is 62.8 Å². The third-order valence-electron chi connectivity index (χ3n) is 2.28. The fraction of sp³-hybridized carbons (Fsp3) is 0.846. The van der Waals surface area contributed by atoms with Crippen molar-refractivity contribution in [2.24, 2.45) is 0 Å². The van der Waals surface area contributed by atoms with E-state index in [1.807, 2.05) is 20.8 Å². The highest BCUT2D eigenvalue weighted by molar-refractivity contribution is 5.85. The largest absolute Gasteiger partial charge is 0.385 e. The minimum absolute atomic E-state index is 0.0169. The van der Waals surface area contributed by atoms with Crippen LogP contribution in [0, 0.1) is 0 Å². The number of amides is 2. The number of likely N-dealkylation sites (N-methyl/N-ethyl adjacent to an activating group) is 1. The Kier molecular flexibility index (Phi) is 8.34. The number of methoxy groups -OCH3 is 1. The molecule has 0 aliphatic heterocycles. The highest BCUT2D eigenvalue weighted by Crippen LogP contribution is 2.06. The predicted molar refractivity (Wildman–Crippen MR) is 72.8 cm³/mol. The van der Waals surface area contributed by atoms with Crippen molar-refractivity contribution in [3.05, 3.63) is 0 Å². The molecular weight excluding hydrogens is 248 g/mol. The van der Waals surface area contributed by atoms with Gasteiger partial charge in [0.25, 0.3) is 0 Å². The Morgan fingerprint density at radius 1 is 1.26 bits per heavy atom. The minimum Gasteiger partial charge on any atom is -0.385 e. The third kappa shape index (κ3) is 10.5. The summed E-state index contributed by atoms with van der Waals surface area (Å²) in [5, 5.41) is 2.72. The van der Waals surface area contributed by atoms with Crippen LogP contribution in [0.3, 0.4) is 0 Å². The monoisotopic (exact) mass is 274 g/mol. The topological polar surface area (TPSA) is 67.9 Å². The van der Waals surface area contributed by atoms with E-state index in [1.54, 1.807) is 14.2 Å². The molecule has 0 aromatic carbocycles. The minimum atomic E-state index is -0.362. The molecule has 0 saturated heterocycles. The lowest BCUT2D eigenvalue weighted by atomic mass is 10.2. The lowest BCUT2D eigenvalue weighted by molar-refractivity contribution is -0.142. The second-order valence-electron chi connectivity index (χ2n) is 5.35. The van der Waals surface area contributed by atoms with E-state index in [1.165, 1.54) is 4.90 Å². The molecule has 0 unspecified atom stereocenters. The molecule has 0 bridgehead atoms. The van der Waals surface area contributed by atoms with Crippen LogP contribution < -0.4 is 5.32 Å². The lowest BCUT2D eigenvalue weighted by Crippen LogP contribution is -2.41. The second-order valence-corrected chi connectivity index (χ2v) is 5.35. The predicted octanol–water partition coefficient (Wildman–Crippen LogP) is 0.413. The number of rotatable bonds is 8. The fourth-order valence-corrected chi connectivity index (χ4v) is 1.19. The fourth-order valence-electron chi connectivity index (χ4n) is 1.19. The van der Waals surface area contributed by atoms with Gasteiger partial charge >= 0.3 is 0 Å². The number of ether oxygens (including phenoxy) is 2. The summed E-state index contributed by atoms with van der Waals surface area (Å²) in [5.74, 6) is -0.385. The molecule has 0 atom stereocenters. The third-order valence-corrected chi connectivity index (χ3v) is 2.28. The Balaban J connectivity index is 3.85. The molecule has 0 radical (unpaired) electrons. The van der Waals surface area contributed by atoms with E-state index < -0.39 is 0 Å². The highest BCUT2D eigenvalue weighted by atomic mass is 16.5. The molecule has 0 saturated carbocycles. The maximum Gasteiger partial charge on any atom is 0.248 e. The molecular formula is C13H26N2O4. The van der Waals surface area contributed by atoms with Gasteiger partial charge in [0, 0.05) is 27.3 Å². The quantitative estimate of drug-likeness (QED) is 0.651. The van der Waals surface area contributed by atoms with Crippen LogP contribution in [0.2, 0.25) is 0 Å². The smallest absolute Gasteiger partial charge is 0.248 e. The van der Waals surface area contributed by atoms with Crippen LogP contribution in [0.4, 0.5) is 0 Å². The number of carbonyl (C=O) groups is 2. The van der Waals surface area contributed by atoms with Crippen LogP contribution in [0.1, 0.15) is 27.2 Å². The van der Waals surface area contributed by atoms with Crippen molar-refractivity contribution in [2.75, 3.05) is 40.5 Å². The molecule has 0 aromatic rings. The lowest BCUT2D eigenvalue weighted by Gasteiger charge is -2.22. The van der Waals surface area contributed by atoms with Gasteiger partial charge in [-0.3, -0.25) is 9.59 Å². The van der Waals surface area contributed by atoms with Crippen molar-refractivity contribution >= 4 is 11.8 Å². The first-order valence-electron chi connectivity index (χ1n) is 6.40. The van der Waals surface area contributed by atoms with Gasteiger partial charge < -0.3 is 19.7 Å². The number of nitrogens with one attached hydrogen (secondary N) is 1. The zero-order valence-corrected chi connectivity index (χ0v) is 12.6. The van der Waals surface area contributed by atoms with Gasteiger partial charge in [0.05, 0.1) is 12.1 Å². The van der Waals surface area contributed by atoms with Gasteiger partial charge in [-0.15, -0.1) is 0 Å². The summed E-state index contributed by atoms with van der Waals surface area (Å²) in [7, 11) is 3.20. The molecule has 1 N–H and O–H groups in total. The molecule has 0 aliphatic carbocycles. The van der Waals surface area contributed by atoms with Gasteiger partial charge in [0.15, 0.2) is 0 Å². The first-order chi connectivity index (χ1) is 8.76. The summed E-state index contributed by atoms with van der Waals surface area (Å²) in [5.41, 5.74) is -0.362. The highest BCUT2D eigenvalue weighted by Gasteiger charge is 2.17. The molecule has 0 heterocycles. The van der Waals surface area contributed by atoms with Gasteiger partial charge in [-0.25, -0.2) is 0 Å². The molecule has 112 valence electrons. The van der Waals surface area contributed by atoms with Crippen molar-refractivity contribution < 1.29 is 19.1 Å². The van der Waals surface area contributed by atoms with Gasteiger partial charge in [0.1, 0.15) is 6.61 Å². The van der Waals surface area contributed by atoms with Crippen molar-refractivity contribution in [1.29, 1.82) is 0 Å². The van der Waals surface area contributed by atoms with Gasteiger partial charge in [-0.2, -0.15) is 0 Å². The van der Waals surface area contributed by atoms with Crippen LogP contribution in [0.15, 0.2) is 0 Å². The van der Waals surface area contributed by atoms with Gasteiger partial charge in [-0.05, 0) is 27.2 Å². The van der Waals surface area contributed by atoms with Crippen LogP contribution in [0.5, 0.6) is 0 Å². The number of nitrogens with zero attached hydrogens (tertiary/aromatic N) is 1. The summed E-state index contributed by atoms with van der Waals surface area (Å²) in [6.07, 6.45) is 0.757. The summed E-state index contributed by atoms with van der Waals surface area (Å²) >= 11 is 0. The summed E-state index contributed by atoms with van der Waals surface area (Å²) in [4.78, 5) is 24.6. The average Bonchev–Trinajstić information content (AvgIpc) is 2.30. The Hall–Kier alpha value is -1.14. The van der Waals surface area contributed by atoms with E-state index in [-0.39, 0.29) is 30.6 Å². The number of hydrogen-bond acceptors (Lipinski definition) is 4. The molecule has 0 aromatic heterocycles. The number of hydrogen-bond donors (Lipinski definition) is 1. The van der Waals surface area contributed by atoms with Crippen LogP contribution in [0.25, 0.3) is 0 Å². The van der Waals surface area contributed by atoms with Crippen LogP contribution >= 0.6 is 0 Å². The normalized spacial score (nSPS) is 11.2. The molecule has 2 amide bonds. The first-order valence-corrected chi connectivity index (χ1v) is 6.40. The van der Waals surface area contributed by atoms with Crippen molar-refractivity contribution in [2.45, 2.75) is 32.8 Å². The zero-order chi connectivity index (χ0) is 14.9. The Bertz CT molecular complexity index is 287. The second kappa shape index (κ2) is 8.87. The Morgan fingerprint density at radius 3 is 2.42 bits per heavy atom. The van der Waals surface area contributed by atoms with E-state index in [9.17, 15) is 9.59 Å². The van der Waals surface area contributed by atoms with E-state index in [0.717, 1.165) is 6.42 Å². The SMILES string of the molecule is COCCCNC(=O)CN(C)C(=O)COC(C)(C)C. The summed E-state index contributed by atoms with van der Waals surface area (Å²) in [6.45, 7) is 6.81. The van der Waals surface area contributed by atoms with Crippen molar-refractivity contribution in [3.8, 4) is 0 Å². The van der Waals surface area contributed by atoms with E-state index in [4.69, 9.17) is 9.47 Å². The summed E-state index contributed by atoms with van der Waals surface area (Å²) < 4.78 is 10.2. The van der Waals surface area contributed by atoms with Gasteiger partial charge in [0.2, 0.25) is 11.8 Å². The first kappa shape index (κ1) is 17.9. The molecule has 6 heteroatoms. The molecule has 0 spiro atoms. The van der Waals surface area contributed by atoms with Crippen molar-refractivity contribution in [1.82, 2.24) is 10.2 Å². The van der Waals surface area contributed by atoms with E-state index in [2.05, 4.69) is 5.32 Å². The Labute approximate surface area is 115 Å². The van der Waals surface area contributed by atoms with Crippen molar-refractivity contribution in [3.63, 3.8) is 0 Å². The molecule has 19 heavy (non-hydrogen) atoms. The zero-order valence-electron chi connectivity index (χ0n) is 12.6. The average molecular weight is 274 g/mol. The maximum absolute atomic E-state index is 11.7. The number of carbonyl (C=O) groups excluding carboxylic acids is 2. The van der Waals surface area contributed by atoms with Crippen LogP contribution in [-0.2, 0) is 19.1 Å². The molecule has 0 fully saturated rings. The summed E-state index contributed by atoms with van der Waals surface area (Å²) in [6, 6.07) is 0. The molecule has 0 rings (SSSR count). The molecule has 0 aliphatic rings.